The van der Waals surface area contributed by atoms with Crippen molar-refractivity contribution < 1.29 is 4.79 Å². The summed E-state index contributed by atoms with van der Waals surface area (Å²) in [4.78, 5) is 18.3. The molecular formula is C26H38N4O. The molecule has 1 unspecified atom stereocenters. The summed E-state index contributed by atoms with van der Waals surface area (Å²) >= 11 is 0. The monoisotopic (exact) mass is 422 g/mol. The molecule has 0 spiro atoms. The van der Waals surface area contributed by atoms with Crippen LogP contribution in [0.4, 0.5) is 0 Å². The van der Waals surface area contributed by atoms with Crippen LogP contribution in [0.3, 0.4) is 0 Å². The average molecular weight is 423 g/mol. The molecule has 2 aliphatic rings. The van der Waals surface area contributed by atoms with Gasteiger partial charge in [-0.1, -0.05) is 49.6 Å². The molecule has 2 fully saturated rings. The molecule has 1 aromatic carbocycles. The van der Waals surface area contributed by atoms with E-state index >= 15 is 0 Å². The Morgan fingerprint density at radius 1 is 1.03 bits per heavy atom. The molecule has 1 saturated heterocycles. The van der Waals surface area contributed by atoms with E-state index in [9.17, 15) is 4.79 Å². The number of amides is 1. The van der Waals surface area contributed by atoms with Gasteiger partial charge in [0.15, 0.2) is 0 Å². The number of carbonyl (C=O) groups is 1. The number of aryl methyl sites for hydroxylation is 1. The number of carbonyl (C=O) groups excluding carboxylic acids is 1. The highest BCUT2D eigenvalue weighted by molar-refractivity contribution is 5.96. The number of aromatic nitrogens is 1. The Balaban J connectivity index is 1.52. The molecule has 4 rings (SSSR count). The Kier molecular flexibility index (Phi) is 7.13. The molecule has 0 radical (unpaired) electrons. The van der Waals surface area contributed by atoms with Crippen LogP contribution < -0.4 is 5.32 Å². The Morgan fingerprint density at radius 2 is 1.71 bits per heavy atom. The lowest BCUT2D eigenvalue weighted by Crippen LogP contribution is -2.47. The molecule has 2 aromatic rings. The van der Waals surface area contributed by atoms with Crippen LogP contribution in [0.5, 0.6) is 0 Å². The SMILES string of the molecule is Cc1cc(C(=O)NC(CN2CCN(C)CC2)c2ccccc2)c(C)n1C1CCCCC1. The highest BCUT2D eigenvalue weighted by atomic mass is 16.1. The highest BCUT2D eigenvalue weighted by Crippen LogP contribution is 2.32. The Hall–Kier alpha value is -2.11. The number of nitrogens with one attached hydrogen (secondary N) is 1. The van der Waals surface area contributed by atoms with Crippen molar-refractivity contribution >= 4 is 5.91 Å². The minimum atomic E-state index is -0.00478. The van der Waals surface area contributed by atoms with Crippen LogP contribution in [0.15, 0.2) is 36.4 Å². The number of nitrogens with zero attached hydrogens (tertiary/aromatic N) is 3. The van der Waals surface area contributed by atoms with Gasteiger partial charge in [0, 0.05) is 50.2 Å². The maximum absolute atomic E-state index is 13.4. The Morgan fingerprint density at radius 3 is 2.39 bits per heavy atom. The molecule has 0 bridgehead atoms. The summed E-state index contributed by atoms with van der Waals surface area (Å²) in [5, 5.41) is 3.38. The van der Waals surface area contributed by atoms with Crippen LogP contribution in [0.25, 0.3) is 0 Å². The molecule has 5 heteroatoms. The fourth-order valence-electron chi connectivity index (χ4n) is 5.35. The first kappa shape index (κ1) is 22.1. The first-order valence-electron chi connectivity index (χ1n) is 12.0. The van der Waals surface area contributed by atoms with E-state index in [0.29, 0.717) is 6.04 Å². The van der Waals surface area contributed by atoms with Crippen molar-refractivity contribution in [2.24, 2.45) is 0 Å². The molecule has 31 heavy (non-hydrogen) atoms. The van der Waals surface area contributed by atoms with Gasteiger partial charge in [-0.25, -0.2) is 0 Å². The van der Waals surface area contributed by atoms with E-state index in [1.807, 2.05) is 6.07 Å². The van der Waals surface area contributed by atoms with Gasteiger partial charge < -0.3 is 14.8 Å². The summed E-state index contributed by atoms with van der Waals surface area (Å²) < 4.78 is 2.42. The summed E-state index contributed by atoms with van der Waals surface area (Å²) in [7, 11) is 2.18. The fraction of sp³-hybridized carbons (Fsp3) is 0.577. The van der Waals surface area contributed by atoms with E-state index in [1.165, 1.54) is 43.4 Å². The summed E-state index contributed by atoms with van der Waals surface area (Å²) in [6.07, 6.45) is 6.39. The topological polar surface area (TPSA) is 40.5 Å². The number of rotatable bonds is 6. The number of likely N-dealkylation sites (N-methyl/N-ethyl adjacent to an activating group) is 1. The average Bonchev–Trinajstić information content (AvgIpc) is 3.10. The lowest BCUT2D eigenvalue weighted by Gasteiger charge is -2.35. The van der Waals surface area contributed by atoms with Crippen LogP contribution >= 0.6 is 0 Å². The number of hydrogen-bond donors (Lipinski definition) is 1. The molecule has 1 aromatic heterocycles. The number of hydrogen-bond acceptors (Lipinski definition) is 3. The van der Waals surface area contributed by atoms with Crippen LogP contribution in [0.2, 0.25) is 0 Å². The predicted octanol–water partition coefficient (Wildman–Crippen LogP) is 4.33. The molecule has 168 valence electrons. The van der Waals surface area contributed by atoms with E-state index in [0.717, 1.165) is 44.0 Å². The van der Waals surface area contributed by atoms with E-state index in [2.05, 4.69) is 70.9 Å². The second-order valence-corrected chi connectivity index (χ2v) is 9.49. The largest absolute Gasteiger partial charge is 0.345 e. The van der Waals surface area contributed by atoms with Crippen LogP contribution in [0.1, 0.15) is 71.5 Å². The van der Waals surface area contributed by atoms with E-state index in [1.54, 1.807) is 0 Å². The first-order valence-corrected chi connectivity index (χ1v) is 12.0. The quantitative estimate of drug-likeness (QED) is 0.753. The first-order chi connectivity index (χ1) is 15.0. The van der Waals surface area contributed by atoms with Crippen molar-refractivity contribution in [3.05, 3.63) is 58.9 Å². The van der Waals surface area contributed by atoms with Gasteiger partial charge in [-0.3, -0.25) is 9.69 Å². The van der Waals surface area contributed by atoms with Gasteiger partial charge in [-0.05, 0) is 45.4 Å². The van der Waals surface area contributed by atoms with E-state index in [-0.39, 0.29) is 11.9 Å². The Bertz CT molecular complexity index is 861. The van der Waals surface area contributed by atoms with Crippen LogP contribution in [-0.4, -0.2) is 60.0 Å². The van der Waals surface area contributed by atoms with Gasteiger partial charge in [0.1, 0.15) is 0 Å². The third-order valence-electron chi connectivity index (χ3n) is 7.21. The Labute approximate surface area is 187 Å². The van der Waals surface area contributed by atoms with Gasteiger partial charge in [0.05, 0.1) is 11.6 Å². The maximum atomic E-state index is 13.4. The summed E-state index contributed by atoms with van der Waals surface area (Å²) in [6.45, 7) is 9.38. The van der Waals surface area contributed by atoms with E-state index in [4.69, 9.17) is 0 Å². The van der Waals surface area contributed by atoms with Gasteiger partial charge in [-0.2, -0.15) is 0 Å². The smallest absolute Gasteiger partial charge is 0.253 e. The van der Waals surface area contributed by atoms with Gasteiger partial charge >= 0.3 is 0 Å². The molecule has 1 aliphatic heterocycles. The van der Waals surface area contributed by atoms with Gasteiger partial charge in [-0.15, -0.1) is 0 Å². The highest BCUT2D eigenvalue weighted by Gasteiger charge is 2.26. The third-order valence-corrected chi connectivity index (χ3v) is 7.21. The lowest BCUT2D eigenvalue weighted by molar-refractivity contribution is 0.0906. The van der Waals surface area contributed by atoms with Crippen LogP contribution in [-0.2, 0) is 0 Å². The molecule has 1 aliphatic carbocycles. The van der Waals surface area contributed by atoms with Crippen molar-refractivity contribution in [2.45, 2.75) is 58.0 Å². The molecule has 1 amide bonds. The predicted molar refractivity (Wildman–Crippen MR) is 127 cm³/mol. The zero-order chi connectivity index (χ0) is 21.8. The van der Waals surface area contributed by atoms with Gasteiger partial charge in [0.25, 0.3) is 5.91 Å². The minimum absolute atomic E-state index is 0.00478. The maximum Gasteiger partial charge on any atom is 0.253 e. The summed E-state index contributed by atoms with van der Waals surface area (Å²) in [5.41, 5.74) is 4.34. The van der Waals surface area contributed by atoms with Crippen molar-refractivity contribution in [2.75, 3.05) is 39.8 Å². The zero-order valence-electron chi connectivity index (χ0n) is 19.4. The number of benzene rings is 1. The van der Waals surface area contributed by atoms with E-state index < -0.39 is 0 Å². The molecule has 5 nitrogen and oxygen atoms in total. The summed E-state index contributed by atoms with van der Waals surface area (Å²) in [5.74, 6) is 0.0538. The zero-order valence-corrected chi connectivity index (χ0v) is 19.4. The minimum Gasteiger partial charge on any atom is -0.345 e. The van der Waals surface area contributed by atoms with Crippen LogP contribution in [0, 0.1) is 13.8 Å². The van der Waals surface area contributed by atoms with Crippen molar-refractivity contribution in [3.63, 3.8) is 0 Å². The second-order valence-electron chi connectivity index (χ2n) is 9.49. The van der Waals surface area contributed by atoms with Gasteiger partial charge in [0.2, 0.25) is 0 Å². The van der Waals surface area contributed by atoms with Crippen molar-refractivity contribution in [1.82, 2.24) is 19.7 Å². The van der Waals surface area contributed by atoms with Crippen molar-refractivity contribution in [3.8, 4) is 0 Å². The standard InChI is InChI=1S/C26H38N4O/c1-20-18-24(21(2)30(20)23-12-8-5-9-13-23)26(31)27-25(22-10-6-4-7-11-22)19-29-16-14-28(3)15-17-29/h4,6-7,10-11,18,23,25H,5,8-9,12-17,19H2,1-3H3,(H,27,31). The second kappa shape index (κ2) is 10.0. The number of piperazine rings is 1. The lowest BCUT2D eigenvalue weighted by atomic mass is 9.95. The molecular weight excluding hydrogens is 384 g/mol. The third kappa shape index (κ3) is 5.21. The molecule has 2 heterocycles. The molecule has 1 N–H and O–H groups in total. The van der Waals surface area contributed by atoms with Crippen molar-refractivity contribution in [1.29, 1.82) is 0 Å². The molecule has 1 saturated carbocycles. The fourth-order valence-corrected chi connectivity index (χ4v) is 5.35. The summed E-state index contributed by atoms with van der Waals surface area (Å²) in [6, 6.07) is 13.1. The normalized spacial score (nSPS) is 20.0. The molecule has 1 atom stereocenters.